The van der Waals surface area contributed by atoms with Gasteiger partial charge in [-0.3, -0.25) is 9.59 Å². The number of unbranched alkanes of at least 4 members (excludes halogenated alkanes) is 39. The monoisotopic (exact) mass is 1170 g/mol. The van der Waals surface area contributed by atoms with E-state index in [2.05, 4.69) is 67.8 Å². The lowest BCUT2D eigenvalue weighted by molar-refractivity contribution is -0.302. The van der Waals surface area contributed by atoms with E-state index in [0.29, 0.717) is 19.4 Å². The fourth-order valence-corrected chi connectivity index (χ4v) is 10.9. The zero-order valence-electron chi connectivity index (χ0n) is 53.7. The number of hydrogen-bond acceptors (Lipinski definition) is 10. The summed E-state index contributed by atoms with van der Waals surface area (Å²) in [5.41, 5.74) is 0. The number of hydrogen-bond donors (Lipinski definition) is 6. The van der Waals surface area contributed by atoms with Gasteiger partial charge in [-0.25, -0.2) is 0 Å². The first-order valence-corrected chi connectivity index (χ1v) is 35.1. The van der Waals surface area contributed by atoms with Crippen LogP contribution in [-0.4, -0.2) is 100 Å². The van der Waals surface area contributed by atoms with Crippen LogP contribution in [0.25, 0.3) is 0 Å². The average Bonchev–Trinajstić information content (AvgIpc) is 3.53. The summed E-state index contributed by atoms with van der Waals surface area (Å²) in [5.74, 6) is -0.190. The van der Waals surface area contributed by atoms with Gasteiger partial charge >= 0.3 is 5.97 Å². The molecule has 83 heavy (non-hydrogen) atoms. The van der Waals surface area contributed by atoms with Crippen LogP contribution in [0.4, 0.5) is 0 Å². The Morgan fingerprint density at radius 1 is 0.458 bits per heavy atom. The molecule has 0 aliphatic carbocycles. The van der Waals surface area contributed by atoms with E-state index in [1.165, 1.54) is 218 Å². The molecule has 6 N–H and O–H groups in total. The molecule has 484 valence electrons. The Bertz CT molecular complexity index is 1560. The molecule has 0 spiro atoms. The highest BCUT2D eigenvalue weighted by Crippen LogP contribution is 2.23. The minimum Gasteiger partial charge on any atom is -0.466 e. The molecule has 7 atom stereocenters. The van der Waals surface area contributed by atoms with Crippen LogP contribution >= 0.6 is 0 Å². The normalized spacial score (nSPS) is 18.5. The van der Waals surface area contributed by atoms with Gasteiger partial charge in [0, 0.05) is 12.8 Å². The van der Waals surface area contributed by atoms with Gasteiger partial charge in [0.1, 0.15) is 24.4 Å². The Kier molecular flexibility index (Phi) is 57.6. The highest BCUT2D eigenvalue weighted by Gasteiger charge is 2.44. The minimum atomic E-state index is -1.58. The number of carbonyl (C=O) groups excluding carboxylic acids is 2. The first kappa shape index (κ1) is 78.4. The van der Waals surface area contributed by atoms with E-state index in [1.54, 1.807) is 6.08 Å². The van der Waals surface area contributed by atoms with E-state index < -0.39 is 49.5 Å². The summed E-state index contributed by atoms with van der Waals surface area (Å²) in [6.45, 7) is 4.22. The van der Waals surface area contributed by atoms with E-state index in [0.717, 1.165) is 77.0 Å². The largest absolute Gasteiger partial charge is 0.466 e. The maximum Gasteiger partial charge on any atom is 0.305 e. The SMILES string of the molecule is CC/C=C/CC/C=C/CC/C=C/C(O)C(COC1OC(CO)C(O)C(O)C1O)NC(=O)CCCCCCCCCCCCCCCCCCC/C=C\C/C=C\CCCCCCCCCCCOC(=O)CCCCCCCCCCCCCC. The Hall–Kier alpha value is -2.64. The average molecular weight is 1170 g/mol. The standard InChI is InChI=1S/C72H131NO10/c1-3-5-7-9-11-13-15-40-44-48-52-56-60-68(77)81-61-57-53-49-45-41-38-36-34-32-30-28-26-24-22-20-18-16-17-19-21-23-25-27-29-31-33-35-37-39-43-47-51-55-59-67(76)73-64(63-82-72-71(80)70(79)69(78)66(62-74)83-72)65(75)58-54-50-46-42-14-12-10-8-6-4-2/h6,8,14,20,22,26,28,42,54,58,64-66,69-72,74-75,78-80H,3-5,7,9-13,15-19,21,23-25,27,29-41,43-53,55-57,59-63H2,1-2H3,(H,73,76)/b8-6+,22-20-,28-26-,42-14+,58-54+. The second-order valence-corrected chi connectivity index (χ2v) is 24.2. The molecule has 0 aromatic heterocycles. The molecule has 11 nitrogen and oxygen atoms in total. The molecule has 0 aromatic rings. The molecular formula is C72H131NO10. The number of aliphatic hydroxyl groups is 5. The van der Waals surface area contributed by atoms with Crippen molar-refractivity contribution in [1.82, 2.24) is 5.32 Å². The summed E-state index contributed by atoms with van der Waals surface area (Å²) < 4.78 is 16.7. The molecule has 7 unspecified atom stereocenters. The lowest BCUT2D eigenvalue weighted by Gasteiger charge is -2.40. The van der Waals surface area contributed by atoms with Crippen molar-refractivity contribution in [2.45, 2.75) is 365 Å². The first-order chi connectivity index (χ1) is 40.7. The highest BCUT2D eigenvalue weighted by molar-refractivity contribution is 5.76. The molecule has 0 saturated carbocycles. The maximum atomic E-state index is 13.0. The zero-order chi connectivity index (χ0) is 60.2. The summed E-state index contributed by atoms with van der Waals surface area (Å²) in [5, 5.41) is 54.3. The molecule has 1 saturated heterocycles. The molecule has 1 aliphatic rings. The maximum absolute atomic E-state index is 13.0. The Labute approximate surface area is 509 Å². The molecular weight excluding hydrogens is 1040 g/mol. The van der Waals surface area contributed by atoms with Gasteiger partial charge in [0.2, 0.25) is 5.91 Å². The number of allylic oxidation sites excluding steroid dienone is 9. The van der Waals surface area contributed by atoms with Crippen molar-refractivity contribution in [3.63, 3.8) is 0 Å². The second kappa shape index (κ2) is 61.0. The molecule has 11 heteroatoms. The van der Waals surface area contributed by atoms with Gasteiger partial charge in [-0.05, 0) is 83.5 Å². The first-order valence-electron chi connectivity index (χ1n) is 35.1. The van der Waals surface area contributed by atoms with Gasteiger partial charge in [0.25, 0.3) is 0 Å². The van der Waals surface area contributed by atoms with Crippen LogP contribution in [0.2, 0.25) is 0 Å². The van der Waals surface area contributed by atoms with Crippen molar-refractivity contribution in [3.8, 4) is 0 Å². The molecule has 0 radical (unpaired) electrons. The molecule has 0 bridgehead atoms. The van der Waals surface area contributed by atoms with E-state index >= 15 is 0 Å². The number of aliphatic hydroxyl groups excluding tert-OH is 5. The number of nitrogens with one attached hydrogen (secondary N) is 1. The fourth-order valence-electron chi connectivity index (χ4n) is 10.9. The van der Waals surface area contributed by atoms with E-state index in [9.17, 15) is 35.1 Å². The van der Waals surface area contributed by atoms with Crippen LogP contribution in [0.5, 0.6) is 0 Å². The van der Waals surface area contributed by atoms with Gasteiger partial charge in [0.05, 0.1) is 32.0 Å². The minimum absolute atomic E-state index is 0.00698. The third kappa shape index (κ3) is 50.1. The molecule has 1 rings (SSSR count). The van der Waals surface area contributed by atoms with Gasteiger partial charge in [0.15, 0.2) is 6.29 Å². The topological polar surface area (TPSA) is 175 Å². The predicted molar refractivity (Wildman–Crippen MR) is 347 cm³/mol. The summed E-state index contributed by atoms with van der Waals surface area (Å²) in [7, 11) is 0. The Morgan fingerprint density at radius 3 is 1.31 bits per heavy atom. The molecule has 1 fully saturated rings. The molecule has 1 amide bonds. The third-order valence-electron chi connectivity index (χ3n) is 16.3. The molecule has 1 heterocycles. The quantitative estimate of drug-likeness (QED) is 0.0195. The number of rotatable bonds is 61. The lowest BCUT2D eigenvalue weighted by Crippen LogP contribution is -2.60. The summed E-state index contributed by atoms with van der Waals surface area (Å²) in [4.78, 5) is 25.1. The van der Waals surface area contributed by atoms with Crippen LogP contribution in [-0.2, 0) is 23.8 Å². The van der Waals surface area contributed by atoms with Crippen molar-refractivity contribution < 1.29 is 49.3 Å². The number of ether oxygens (including phenoxy) is 3. The van der Waals surface area contributed by atoms with Crippen molar-refractivity contribution in [1.29, 1.82) is 0 Å². The van der Waals surface area contributed by atoms with E-state index in [-0.39, 0.29) is 18.5 Å². The number of esters is 1. The predicted octanol–water partition coefficient (Wildman–Crippen LogP) is 17.7. The van der Waals surface area contributed by atoms with Crippen LogP contribution in [0.15, 0.2) is 60.8 Å². The Morgan fingerprint density at radius 2 is 0.855 bits per heavy atom. The van der Waals surface area contributed by atoms with Crippen LogP contribution in [0, 0.1) is 0 Å². The van der Waals surface area contributed by atoms with Gasteiger partial charge in [-0.1, -0.05) is 286 Å². The number of amides is 1. The van der Waals surface area contributed by atoms with Crippen LogP contribution < -0.4 is 5.32 Å². The Balaban J connectivity index is 1.94. The van der Waals surface area contributed by atoms with Crippen molar-refractivity contribution in [2.24, 2.45) is 0 Å². The van der Waals surface area contributed by atoms with Crippen LogP contribution in [0.1, 0.15) is 322 Å². The summed E-state index contributed by atoms with van der Waals surface area (Å²) >= 11 is 0. The number of carbonyl (C=O) groups is 2. The van der Waals surface area contributed by atoms with E-state index in [1.807, 2.05) is 6.08 Å². The molecule has 0 aromatic carbocycles. The van der Waals surface area contributed by atoms with Crippen molar-refractivity contribution in [2.75, 3.05) is 19.8 Å². The highest BCUT2D eigenvalue weighted by atomic mass is 16.7. The second-order valence-electron chi connectivity index (χ2n) is 24.2. The smallest absolute Gasteiger partial charge is 0.305 e. The van der Waals surface area contributed by atoms with Gasteiger partial charge in [-0.2, -0.15) is 0 Å². The summed E-state index contributed by atoms with van der Waals surface area (Å²) in [6, 6.07) is -0.833. The van der Waals surface area contributed by atoms with Crippen molar-refractivity contribution >= 4 is 11.9 Å². The summed E-state index contributed by atoms with van der Waals surface area (Å²) in [6.07, 6.45) is 71.0. The lowest BCUT2D eigenvalue weighted by atomic mass is 9.99. The van der Waals surface area contributed by atoms with Gasteiger partial charge in [-0.15, -0.1) is 0 Å². The van der Waals surface area contributed by atoms with Crippen LogP contribution in [0.3, 0.4) is 0 Å². The molecule has 1 aliphatic heterocycles. The fraction of sp³-hybridized carbons (Fsp3) is 0.833. The van der Waals surface area contributed by atoms with Gasteiger partial charge < -0.3 is 45.1 Å². The zero-order valence-corrected chi connectivity index (χ0v) is 53.7. The van der Waals surface area contributed by atoms with Crippen molar-refractivity contribution in [3.05, 3.63) is 60.8 Å². The van der Waals surface area contributed by atoms with E-state index in [4.69, 9.17) is 14.2 Å². The third-order valence-corrected chi connectivity index (χ3v) is 16.3.